The van der Waals surface area contributed by atoms with Gasteiger partial charge in [0.1, 0.15) is 29.9 Å². The van der Waals surface area contributed by atoms with Gasteiger partial charge in [-0.1, -0.05) is 35.9 Å². The highest BCUT2D eigenvalue weighted by Gasteiger charge is 2.21. The van der Waals surface area contributed by atoms with Gasteiger partial charge in [0.25, 0.3) is 0 Å². The number of nitrogen functional groups attached to an aromatic ring is 1. The molecule has 1 unspecified atom stereocenters. The molecule has 0 amide bonds. The predicted molar refractivity (Wildman–Crippen MR) is 135 cm³/mol. The van der Waals surface area contributed by atoms with Gasteiger partial charge in [-0.3, -0.25) is 4.40 Å². The van der Waals surface area contributed by atoms with Gasteiger partial charge in [-0.15, -0.1) is 0 Å². The summed E-state index contributed by atoms with van der Waals surface area (Å²) in [5.74, 6) is 2.69. The Morgan fingerprint density at radius 2 is 1.94 bits per heavy atom. The van der Waals surface area contributed by atoms with Gasteiger partial charge in [0.15, 0.2) is 11.5 Å². The summed E-state index contributed by atoms with van der Waals surface area (Å²) in [4.78, 5) is 9.28. The van der Waals surface area contributed by atoms with Gasteiger partial charge in [-0.05, 0) is 48.9 Å². The van der Waals surface area contributed by atoms with Gasteiger partial charge in [0.05, 0.1) is 28.8 Å². The molecule has 3 aromatic carbocycles. The van der Waals surface area contributed by atoms with E-state index < -0.39 is 0 Å². The summed E-state index contributed by atoms with van der Waals surface area (Å²) in [5, 5.41) is 4.08. The molecule has 170 valence electrons. The van der Waals surface area contributed by atoms with Crippen molar-refractivity contribution in [1.82, 2.24) is 14.4 Å². The number of fused-ring (bicyclic) bond motifs is 4. The topological polar surface area (TPSA) is 86.7 Å². The Morgan fingerprint density at radius 3 is 2.79 bits per heavy atom. The molecule has 0 saturated carbocycles. The minimum atomic E-state index is -0.102. The van der Waals surface area contributed by atoms with Crippen molar-refractivity contribution in [1.29, 1.82) is 0 Å². The van der Waals surface area contributed by atoms with Gasteiger partial charge in [-0.25, -0.2) is 9.97 Å². The zero-order valence-corrected chi connectivity index (χ0v) is 19.2. The van der Waals surface area contributed by atoms with Crippen molar-refractivity contribution in [2.24, 2.45) is 0 Å². The summed E-state index contributed by atoms with van der Waals surface area (Å²) in [5.41, 5.74) is 11.5. The molecule has 3 N–H and O–H groups in total. The SMILES string of the molecule is Cc1cccc(Cl)c1-c1ncc2c(N)nc3cc(NCC4COc5ccccc5O4)ccc3n12. The van der Waals surface area contributed by atoms with Crippen molar-refractivity contribution in [2.45, 2.75) is 13.0 Å². The number of halogens is 1. The Labute approximate surface area is 201 Å². The molecule has 2 aromatic heterocycles. The maximum atomic E-state index is 6.55. The van der Waals surface area contributed by atoms with E-state index in [0.29, 0.717) is 24.0 Å². The summed E-state index contributed by atoms with van der Waals surface area (Å²) in [6.07, 6.45) is 1.64. The molecule has 8 heteroatoms. The Morgan fingerprint density at radius 1 is 1.09 bits per heavy atom. The van der Waals surface area contributed by atoms with E-state index in [0.717, 1.165) is 50.7 Å². The lowest BCUT2D eigenvalue weighted by molar-refractivity contribution is 0.0998. The van der Waals surface area contributed by atoms with Crippen LogP contribution in [0.5, 0.6) is 11.5 Å². The number of hydrogen-bond acceptors (Lipinski definition) is 6. The van der Waals surface area contributed by atoms with Crippen LogP contribution in [0.25, 0.3) is 27.9 Å². The first-order chi connectivity index (χ1) is 16.6. The van der Waals surface area contributed by atoms with Crippen LogP contribution >= 0.6 is 11.6 Å². The monoisotopic (exact) mass is 471 g/mol. The van der Waals surface area contributed by atoms with Crippen molar-refractivity contribution in [2.75, 3.05) is 24.2 Å². The van der Waals surface area contributed by atoms with Crippen LogP contribution in [0.1, 0.15) is 5.56 Å². The van der Waals surface area contributed by atoms with Crippen LogP contribution in [0, 0.1) is 6.92 Å². The number of imidazole rings is 1. The molecular formula is C26H22ClN5O2. The van der Waals surface area contributed by atoms with E-state index in [2.05, 4.69) is 15.3 Å². The molecule has 6 rings (SSSR count). The second kappa shape index (κ2) is 8.11. The third-order valence-electron chi connectivity index (χ3n) is 6.03. The molecule has 34 heavy (non-hydrogen) atoms. The van der Waals surface area contributed by atoms with Crippen molar-refractivity contribution in [3.63, 3.8) is 0 Å². The molecule has 0 bridgehead atoms. The van der Waals surface area contributed by atoms with Crippen LogP contribution in [-0.2, 0) is 0 Å². The summed E-state index contributed by atoms with van der Waals surface area (Å²) in [7, 11) is 0. The zero-order valence-electron chi connectivity index (χ0n) is 18.5. The largest absolute Gasteiger partial charge is 0.486 e. The fourth-order valence-corrected chi connectivity index (χ4v) is 4.67. The lowest BCUT2D eigenvalue weighted by Crippen LogP contribution is -2.35. The van der Waals surface area contributed by atoms with Crippen LogP contribution in [0.4, 0.5) is 11.5 Å². The Kier molecular flexibility index (Phi) is 4.92. The summed E-state index contributed by atoms with van der Waals surface area (Å²) < 4.78 is 13.9. The van der Waals surface area contributed by atoms with Crippen LogP contribution in [0.3, 0.4) is 0 Å². The first kappa shape index (κ1) is 20.6. The third-order valence-corrected chi connectivity index (χ3v) is 6.34. The number of nitrogens with zero attached hydrogens (tertiary/aromatic N) is 3. The number of benzene rings is 3. The van der Waals surface area contributed by atoms with E-state index in [4.69, 9.17) is 26.8 Å². The fourth-order valence-electron chi connectivity index (χ4n) is 4.36. The third kappa shape index (κ3) is 3.45. The maximum Gasteiger partial charge on any atom is 0.161 e. The molecule has 7 nitrogen and oxygen atoms in total. The smallest absolute Gasteiger partial charge is 0.161 e. The van der Waals surface area contributed by atoms with E-state index in [1.807, 2.05) is 72.0 Å². The number of aryl methyl sites for hydroxylation is 1. The van der Waals surface area contributed by atoms with E-state index >= 15 is 0 Å². The molecule has 1 aliphatic rings. The molecular weight excluding hydrogens is 450 g/mol. The molecule has 0 fully saturated rings. The second-order valence-corrected chi connectivity index (χ2v) is 8.72. The highest BCUT2D eigenvalue weighted by molar-refractivity contribution is 6.33. The minimum Gasteiger partial charge on any atom is -0.486 e. The van der Waals surface area contributed by atoms with Crippen LogP contribution in [-0.4, -0.2) is 33.6 Å². The highest BCUT2D eigenvalue weighted by Crippen LogP contribution is 2.34. The Hall–Kier alpha value is -3.97. The number of hydrogen-bond donors (Lipinski definition) is 2. The van der Waals surface area contributed by atoms with Crippen LogP contribution in [0.2, 0.25) is 5.02 Å². The lowest BCUT2D eigenvalue weighted by atomic mass is 10.1. The summed E-state index contributed by atoms with van der Waals surface area (Å²) in [6, 6.07) is 19.5. The predicted octanol–water partition coefficient (Wildman–Crippen LogP) is 5.35. The normalized spacial score (nSPS) is 15.1. The Balaban J connectivity index is 1.34. The van der Waals surface area contributed by atoms with E-state index in [-0.39, 0.29) is 6.10 Å². The van der Waals surface area contributed by atoms with Crippen LogP contribution < -0.4 is 20.5 Å². The van der Waals surface area contributed by atoms with E-state index in [1.165, 1.54) is 0 Å². The average Bonchev–Trinajstić information content (AvgIpc) is 3.28. The number of rotatable bonds is 4. The average molecular weight is 472 g/mol. The molecule has 5 aromatic rings. The van der Waals surface area contributed by atoms with Crippen molar-refractivity contribution < 1.29 is 9.47 Å². The molecule has 1 aliphatic heterocycles. The molecule has 0 spiro atoms. The number of para-hydroxylation sites is 2. The van der Waals surface area contributed by atoms with Gasteiger partial charge in [-0.2, -0.15) is 0 Å². The van der Waals surface area contributed by atoms with Gasteiger partial charge in [0.2, 0.25) is 0 Å². The first-order valence-corrected chi connectivity index (χ1v) is 11.4. The molecule has 0 saturated heterocycles. The number of nitrogens with two attached hydrogens (primary N) is 1. The molecule has 1 atom stereocenters. The standard InChI is InChI=1S/C26H22ClN5O2/c1-15-5-4-6-18(27)24(15)26-30-13-21-25(28)31-19-11-16(9-10-20(19)32(21)26)29-12-17-14-33-22-7-2-3-8-23(22)34-17/h2-11,13,17,29H,12,14H2,1H3,(H2,28,31). The van der Waals surface area contributed by atoms with E-state index in [1.54, 1.807) is 6.20 Å². The number of anilines is 2. The number of nitrogens with one attached hydrogen (secondary N) is 1. The van der Waals surface area contributed by atoms with Crippen molar-refractivity contribution >= 4 is 39.7 Å². The molecule has 0 aliphatic carbocycles. The lowest BCUT2D eigenvalue weighted by Gasteiger charge is -2.26. The minimum absolute atomic E-state index is 0.102. The van der Waals surface area contributed by atoms with Gasteiger partial charge in [0, 0.05) is 11.3 Å². The quantitative estimate of drug-likeness (QED) is 0.367. The van der Waals surface area contributed by atoms with Gasteiger partial charge >= 0.3 is 0 Å². The maximum absolute atomic E-state index is 6.55. The second-order valence-electron chi connectivity index (χ2n) is 8.31. The fraction of sp³-hybridized carbons (Fsp3) is 0.154. The number of aromatic nitrogens is 3. The Bertz CT molecular complexity index is 1530. The van der Waals surface area contributed by atoms with E-state index in [9.17, 15) is 0 Å². The number of ether oxygens (including phenoxy) is 2. The summed E-state index contributed by atoms with van der Waals surface area (Å²) in [6.45, 7) is 3.10. The first-order valence-electron chi connectivity index (χ1n) is 11.0. The van der Waals surface area contributed by atoms with Crippen LogP contribution in [0.15, 0.2) is 66.9 Å². The molecule has 3 heterocycles. The van der Waals surface area contributed by atoms with Crippen molar-refractivity contribution in [3.8, 4) is 22.9 Å². The van der Waals surface area contributed by atoms with Crippen molar-refractivity contribution in [3.05, 3.63) is 77.4 Å². The highest BCUT2D eigenvalue weighted by atomic mass is 35.5. The molecule has 0 radical (unpaired) electrons. The zero-order chi connectivity index (χ0) is 23.2. The summed E-state index contributed by atoms with van der Waals surface area (Å²) >= 11 is 6.55. The van der Waals surface area contributed by atoms with Gasteiger partial charge < -0.3 is 20.5 Å².